The number of nitrogens with one attached hydrogen (secondary N) is 1. The van der Waals surface area contributed by atoms with Crippen LogP contribution >= 0.6 is 27.5 Å². The maximum atomic E-state index is 10.8. The molecule has 0 saturated carbocycles. The van der Waals surface area contributed by atoms with Gasteiger partial charge in [0.2, 0.25) is 0 Å². The van der Waals surface area contributed by atoms with E-state index in [0.29, 0.717) is 10.3 Å². The van der Waals surface area contributed by atoms with E-state index in [1.54, 1.807) is 0 Å². The van der Waals surface area contributed by atoms with Gasteiger partial charge < -0.3 is 4.98 Å². The van der Waals surface area contributed by atoms with Crippen LogP contribution in [0.15, 0.2) is 15.5 Å². The molecular weight excluding hydrogens is 219 g/mol. The third-order valence-electron chi connectivity index (χ3n) is 0.935. The second-order valence-electron chi connectivity index (χ2n) is 1.64. The van der Waals surface area contributed by atoms with Crippen LogP contribution in [-0.4, -0.2) is 9.97 Å². The van der Waals surface area contributed by atoms with Crippen molar-refractivity contribution in [2.45, 2.75) is 5.88 Å². The molecule has 1 aromatic heterocycles. The van der Waals surface area contributed by atoms with Gasteiger partial charge in [0.1, 0.15) is 10.3 Å². The summed E-state index contributed by atoms with van der Waals surface area (Å²) in [6.07, 6.45) is 1.43. The minimum absolute atomic E-state index is 0.203. The van der Waals surface area contributed by atoms with Gasteiger partial charge in [-0.25, -0.2) is 4.98 Å². The van der Waals surface area contributed by atoms with Gasteiger partial charge >= 0.3 is 0 Å². The number of nitrogens with zero attached hydrogens (tertiary/aromatic N) is 1. The van der Waals surface area contributed by atoms with Crippen molar-refractivity contribution < 1.29 is 0 Å². The van der Waals surface area contributed by atoms with Crippen molar-refractivity contribution in [2.24, 2.45) is 0 Å². The summed E-state index contributed by atoms with van der Waals surface area (Å²) < 4.78 is 0.418. The predicted octanol–water partition coefficient (Wildman–Crippen LogP) is 1.27. The van der Waals surface area contributed by atoms with Gasteiger partial charge in [0.25, 0.3) is 5.56 Å². The van der Waals surface area contributed by atoms with Crippen LogP contribution in [0, 0.1) is 0 Å². The van der Waals surface area contributed by atoms with Crippen LogP contribution in [0.1, 0.15) is 5.82 Å². The zero-order valence-corrected chi connectivity index (χ0v) is 7.24. The largest absolute Gasteiger partial charge is 0.309 e. The summed E-state index contributed by atoms with van der Waals surface area (Å²) >= 11 is 8.41. The second-order valence-corrected chi connectivity index (χ2v) is 2.76. The molecule has 0 unspecified atom stereocenters. The van der Waals surface area contributed by atoms with Crippen molar-refractivity contribution >= 4 is 27.5 Å². The molecule has 0 aliphatic carbocycles. The monoisotopic (exact) mass is 222 g/mol. The van der Waals surface area contributed by atoms with Crippen LogP contribution in [0.4, 0.5) is 0 Å². The molecule has 0 aliphatic heterocycles. The highest BCUT2D eigenvalue weighted by atomic mass is 79.9. The minimum atomic E-state index is -0.203. The predicted molar refractivity (Wildman–Crippen MR) is 42.1 cm³/mol. The van der Waals surface area contributed by atoms with E-state index in [-0.39, 0.29) is 11.4 Å². The zero-order valence-electron chi connectivity index (χ0n) is 4.90. The van der Waals surface area contributed by atoms with Gasteiger partial charge in [0.05, 0.1) is 5.88 Å². The lowest BCUT2D eigenvalue weighted by molar-refractivity contribution is 0.987. The molecule has 0 saturated heterocycles. The normalized spacial score (nSPS) is 9.80. The van der Waals surface area contributed by atoms with Crippen LogP contribution in [0.5, 0.6) is 0 Å². The number of aromatic amines is 1. The number of hydrogen-bond donors (Lipinski definition) is 1. The van der Waals surface area contributed by atoms with Crippen molar-refractivity contribution in [1.82, 2.24) is 9.97 Å². The van der Waals surface area contributed by atoms with E-state index in [2.05, 4.69) is 25.9 Å². The molecule has 0 atom stereocenters. The number of H-pyrrole nitrogens is 1. The molecule has 54 valence electrons. The summed E-state index contributed by atoms with van der Waals surface area (Å²) in [7, 11) is 0. The lowest BCUT2D eigenvalue weighted by Crippen LogP contribution is -2.10. The van der Waals surface area contributed by atoms with Gasteiger partial charge in [-0.2, -0.15) is 0 Å². The molecular formula is C5H4BrClN2O. The molecule has 1 rings (SSSR count). The molecule has 0 aliphatic rings. The Hall–Kier alpha value is -0.350. The quantitative estimate of drug-likeness (QED) is 0.729. The number of aromatic nitrogens is 2. The van der Waals surface area contributed by atoms with E-state index >= 15 is 0 Å². The molecule has 0 amide bonds. The highest BCUT2D eigenvalue weighted by Crippen LogP contribution is 1.99. The smallest absolute Gasteiger partial charge is 0.265 e. The highest BCUT2D eigenvalue weighted by Gasteiger charge is 1.95. The number of halogens is 2. The van der Waals surface area contributed by atoms with Crippen LogP contribution in [0.25, 0.3) is 0 Å². The van der Waals surface area contributed by atoms with Crippen molar-refractivity contribution in [3.05, 3.63) is 26.8 Å². The third-order valence-corrected chi connectivity index (χ3v) is 1.75. The van der Waals surface area contributed by atoms with Gasteiger partial charge in [-0.1, -0.05) is 0 Å². The van der Waals surface area contributed by atoms with Crippen molar-refractivity contribution in [3.63, 3.8) is 0 Å². The summed E-state index contributed by atoms with van der Waals surface area (Å²) in [5.74, 6) is 0.706. The van der Waals surface area contributed by atoms with E-state index in [1.807, 2.05) is 0 Å². The first kappa shape index (κ1) is 7.75. The Labute approximate surface area is 70.6 Å². The van der Waals surface area contributed by atoms with Crippen LogP contribution in [0.2, 0.25) is 0 Å². The zero-order chi connectivity index (χ0) is 7.56. The van der Waals surface area contributed by atoms with Crippen molar-refractivity contribution in [3.8, 4) is 0 Å². The Morgan fingerprint density at radius 2 is 2.50 bits per heavy atom. The van der Waals surface area contributed by atoms with E-state index in [0.717, 1.165) is 0 Å². The molecule has 0 spiro atoms. The maximum absolute atomic E-state index is 10.8. The fourth-order valence-corrected chi connectivity index (χ4v) is 0.821. The number of hydrogen-bond acceptors (Lipinski definition) is 2. The molecule has 1 heterocycles. The van der Waals surface area contributed by atoms with Crippen LogP contribution in [-0.2, 0) is 5.88 Å². The lowest BCUT2D eigenvalue weighted by atomic mass is 10.6. The lowest BCUT2D eigenvalue weighted by Gasteiger charge is -1.92. The van der Waals surface area contributed by atoms with Crippen LogP contribution in [0.3, 0.4) is 0 Å². The Morgan fingerprint density at radius 1 is 1.80 bits per heavy atom. The topological polar surface area (TPSA) is 45.8 Å². The van der Waals surface area contributed by atoms with Crippen molar-refractivity contribution in [1.29, 1.82) is 0 Å². The van der Waals surface area contributed by atoms with Gasteiger partial charge in [0, 0.05) is 6.20 Å². The van der Waals surface area contributed by atoms with Gasteiger partial charge in [-0.3, -0.25) is 4.79 Å². The maximum Gasteiger partial charge on any atom is 0.265 e. The first-order valence-electron chi connectivity index (χ1n) is 2.53. The Balaban J connectivity index is 3.17. The SMILES string of the molecule is O=c1[nH]c(CCl)ncc1Br. The van der Waals surface area contributed by atoms with E-state index < -0.39 is 0 Å². The van der Waals surface area contributed by atoms with Gasteiger partial charge in [-0.05, 0) is 15.9 Å². The molecule has 1 aromatic rings. The van der Waals surface area contributed by atoms with Crippen molar-refractivity contribution in [2.75, 3.05) is 0 Å². The standard InChI is InChI=1S/C5H4BrClN2O/c6-3-2-8-4(1-7)9-5(3)10/h2H,1H2,(H,8,9,10). The summed E-state index contributed by atoms with van der Waals surface area (Å²) in [6.45, 7) is 0. The minimum Gasteiger partial charge on any atom is -0.309 e. The summed E-state index contributed by atoms with van der Waals surface area (Å²) in [5, 5.41) is 0. The second kappa shape index (κ2) is 3.16. The summed E-state index contributed by atoms with van der Waals surface area (Å²) in [6, 6.07) is 0. The number of rotatable bonds is 1. The molecule has 0 bridgehead atoms. The molecule has 1 N–H and O–H groups in total. The first-order valence-corrected chi connectivity index (χ1v) is 3.86. The Kier molecular flexibility index (Phi) is 2.45. The summed E-state index contributed by atoms with van der Waals surface area (Å²) in [4.78, 5) is 17.1. The Morgan fingerprint density at radius 3 is 3.00 bits per heavy atom. The highest BCUT2D eigenvalue weighted by molar-refractivity contribution is 9.10. The Bertz CT molecular complexity index is 285. The summed E-state index contributed by atoms with van der Waals surface area (Å²) in [5.41, 5.74) is -0.203. The average molecular weight is 223 g/mol. The molecule has 0 fully saturated rings. The molecule has 0 radical (unpaired) electrons. The average Bonchev–Trinajstić information content (AvgIpc) is 1.95. The van der Waals surface area contributed by atoms with Gasteiger partial charge in [-0.15, -0.1) is 11.6 Å². The fraction of sp³-hybridized carbons (Fsp3) is 0.200. The molecule has 0 aromatic carbocycles. The van der Waals surface area contributed by atoms with Crippen LogP contribution < -0.4 is 5.56 Å². The van der Waals surface area contributed by atoms with E-state index in [9.17, 15) is 4.79 Å². The number of alkyl halides is 1. The molecule has 3 nitrogen and oxygen atoms in total. The molecule has 5 heteroatoms. The third kappa shape index (κ3) is 1.58. The van der Waals surface area contributed by atoms with Gasteiger partial charge in [0.15, 0.2) is 0 Å². The fourth-order valence-electron chi connectivity index (χ4n) is 0.484. The van der Waals surface area contributed by atoms with E-state index in [1.165, 1.54) is 6.20 Å². The first-order chi connectivity index (χ1) is 4.74. The molecule has 10 heavy (non-hydrogen) atoms. The van der Waals surface area contributed by atoms with E-state index in [4.69, 9.17) is 11.6 Å².